The van der Waals surface area contributed by atoms with Crippen molar-refractivity contribution in [3.05, 3.63) is 50.1 Å². The van der Waals surface area contributed by atoms with E-state index in [0.29, 0.717) is 6.61 Å². The van der Waals surface area contributed by atoms with Gasteiger partial charge in [-0.3, -0.25) is 0 Å². The monoisotopic (exact) mass is 323 g/mol. The minimum absolute atomic E-state index is 0.178. The van der Waals surface area contributed by atoms with Crippen molar-refractivity contribution in [1.29, 1.82) is 0 Å². The van der Waals surface area contributed by atoms with E-state index in [1.165, 1.54) is 16.0 Å². The molecule has 0 bridgehead atoms. The first-order chi connectivity index (χ1) is 8.75. The van der Waals surface area contributed by atoms with Crippen LogP contribution in [0.15, 0.2) is 34.1 Å². The molecule has 1 aliphatic carbocycles. The molecule has 0 radical (unpaired) electrons. The summed E-state index contributed by atoms with van der Waals surface area (Å²) in [6, 6.07) is 8.41. The van der Waals surface area contributed by atoms with Crippen molar-refractivity contribution in [3.63, 3.8) is 0 Å². The van der Waals surface area contributed by atoms with Crippen LogP contribution in [0.4, 0.5) is 0 Å². The highest BCUT2D eigenvalue weighted by Gasteiger charge is 2.22. The van der Waals surface area contributed by atoms with E-state index in [0.717, 1.165) is 23.1 Å². The third-order valence-electron chi connectivity index (χ3n) is 3.32. The Kier molecular flexibility index (Phi) is 3.41. The van der Waals surface area contributed by atoms with E-state index < -0.39 is 0 Å². The molecule has 0 saturated carbocycles. The average Bonchev–Trinajstić information content (AvgIpc) is 2.95. The third kappa shape index (κ3) is 2.20. The summed E-state index contributed by atoms with van der Waals surface area (Å²) >= 11 is 5.23. The van der Waals surface area contributed by atoms with Gasteiger partial charge in [-0.15, -0.1) is 11.3 Å². The second-order valence-corrected chi connectivity index (χ2v) is 6.30. The number of hydrogen-bond acceptors (Lipinski definition) is 3. The third-order valence-corrected chi connectivity index (χ3v) is 5.22. The Morgan fingerprint density at radius 1 is 1.39 bits per heavy atom. The van der Waals surface area contributed by atoms with E-state index >= 15 is 0 Å². The smallest absolute Gasteiger partial charge is 0.124 e. The minimum Gasteiger partial charge on any atom is -0.488 e. The summed E-state index contributed by atoms with van der Waals surface area (Å²) in [4.78, 5) is 1.22. The Labute approximate surface area is 119 Å². The maximum atomic E-state index is 6.07. The first kappa shape index (κ1) is 12.2. The number of rotatable bonds is 3. The Morgan fingerprint density at radius 3 is 3.06 bits per heavy atom. The fraction of sp³-hybridized carbons (Fsp3) is 0.286. The lowest BCUT2D eigenvalue weighted by molar-refractivity contribution is 0.306. The number of hydrogen-bond donors (Lipinski definition) is 1. The normalized spacial score (nSPS) is 17.8. The zero-order chi connectivity index (χ0) is 12.5. The van der Waals surface area contributed by atoms with Gasteiger partial charge in [-0.05, 0) is 57.4 Å². The van der Waals surface area contributed by atoms with Crippen molar-refractivity contribution < 1.29 is 4.74 Å². The van der Waals surface area contributed by atoms with Gasteiger partial charge in [0.05, 0.1) is 4.88 Å². The molecule has 1 aromatic carbocycles. The van der Waals surface area contributed by atoms with Crippen molar-refractivity contribution >= 4 is 27.3 Å². The highest BCUT2D eigenvalue weighted by atomic mass is 79.9. The number of benzene rings is 1. The molecular formula is C14H14BrNOS. The van der Waals surface area contributed by atoms with Crippen LogP contribution in [0, 0.1) is 0 Å². The molecular weight excluding hydrogens is 310 g/mol. The standard InChI is InChI=1S/C14H14BrNOS/c15-11-6-7-18-14(11)8-17-13-3-1-2-9-10(13)4-5-12(9)16/h1-3,6-7,12H,4-5,8,16H2. The Morgan fingerprint density at radius 2 is 2.28 bits per heavy atom. The van der Waals surface area contributed by atoms with E-state index in [-0.39, 0.29) is 6.04 Å². The van der Waals surface area contributed by atoms with Crippen LogP contribution in [-0.4, -0.2) is 0 Å². The van der Waals surface area contributed by atoms with Crippen LogP contribution in [0.5, 0.6) is 5.75 Å². The first-order valence-corrected chi connectivity index (χ1v) is 7.65. The lowest BCUT2D eigenvalue weighted by Gasteiger charge is -2.11. The maximum Gasteiger partial charge on any atom is 0.124 e. The van der Waals surface area contributed by atoms with Gasteiger partial charge in [-0.25, -0.2) is 0 Å². The molecule has 0 spiro atoms. The molecule has 1 unspecified atom stereocenters. The Bertz CT molecular complexity index is 567. The van der Waals surface area contributed by atoms with E-state index in [9.17, 15) is 0 Å². The van der Waals surface area contributed by atoms with Gasteiger partial charge in [0.25, 0.3) is 0 Å². The molecule has 0 aliphatic heterocycles. The summed E-state index contributed by atoms with van der Waals surface area (Å²) in [5, 5.41) is 2.06. The SMILES string of the molecule is NC1CCc2c(OCc3sccc3Br)cccc21. The van der Waals surface area contributed by atoms with Crippen molar-refractivity contribution in [2.24, 2.45) is 5.73 Å². The highest BCUT2D eigenvalue weighted by molar-refractivity contribution is 9.10. The number of thiophene rings is 1. The molecule has 2 aromatic rings. The first-order valence-electron chi connectivity index (χ1n) is 5.97. The van der Waals surface area contributed by atoms with E-state index in [4.69, 9.17) is 10.5 Å². The van der Waals surface area contributed by atoms with Crippen molar-refractivity contribution in [1.82, 2.24) is 0 Å². The van der Waals surface area contributed by atoms with Gasteiger partial charge in [-0.2, -0.15) is 0 Å². The summed E-state index contributed by atoms with van der Waals surface area (Å²) < 4.78 is 7.07. The summed E-state index contributed by atoms with van der Waals surface area (Å²) in [6.45, 7) is 0.615. The quantitative estimate of drug-likeness (QED) is 0.925. The van der Waals surface area contributed by atoms with Gasteiger partial charge in [-0.1, -0.05) is 12.1 Å². The van der Waals surface area contributed by atoms with Crippen LogP contribution in [0.25, 0.3) is 0 Å². The molecule has 0 amide bonds. The van der Waals surface area contributed by atoms with Crippen molar-refractivity contribution in [2.75, 3.05) is 0 Å². The van der Waals surface area contributed by atoms with Gasteiger partial charge in [0.15, 0.2) is 0 Å². The lowest BCUT2D eigenvalue weighted by atomic mass is 10.1. The predicted molar refractivity (Wildman–Crippen MR) is 78.0 cm³/mol. The molecule has 2 N–H and O–H groups in total. The second kappa shape index (κ2) is 5.03. The molecule has 1 atom stereocenters. The molecule has 1 aliphatic rings. The molecule has 18 heavy (non-hydrogen) atoms. The van der Waals surface area contributed by atoms with Crippen LogP contribution in [0.2, 0.25) is 0 Å². The van der Waals surface area contributed by atoms with Crippen LogP contribution in [0.1, 0.15) is 28.5 Å². The number of halogens is 1. The number of fused-ring (bicyclic) bond motifs is 1. The molecule has 4 heteroatoms. The van der Waals surface area contributed by atoms with Crippen LogP contribution >= 0.6 is 27.3 Å². The van der Waals surface area contributed by atoms with E-state index in [1.807, 2.05) is 12.1 Å². The highest BCUT2D eigenvalue weighted by Crippen LogP contribution is 2.36. The summed E-state index contributed by atoms with van der Waals surface area (Å²) in [7, 11) is 0. The minimum atomic E-state index is 0.178. The molecule has 0 saturated heterocycles. The molecule has 2 nitrogen and oxygen atoms in total. The van der Waals surface area contributed by atoms with Crippen LogP contribution < -0.4 is 10.5 Å². The zero-order valence-electron chi connectivity index (χ0n) is 9.86. The molecule has 3 rings (SSSR count). The maximum absolute atomic E-state index is 6.07. The fourth-order valence-electron chi connectivity index (χ4n) is 2.36. The van der Waals surface area contributed by atoms with Gasteiger partial charge < -0.3 is 10.5 Å². The van der Waals surface area contributed by atoms with Gasteiger partial charge in [0, 0.05) is 10.5 Å². The molecule has 1 heterocycles. The van der Waals surface area contributed by atoms with Gasteiger partial charge in [0.1, 0.15) is 12.4 Å². The Balaban J connectivity index is 1.80. The predicted octanol–water partition coefficient (Wildman–Crippen LogP) is 4.04. The topological polar surface area (TPSA) is 35.2 Å². The van der Waals surface area contributed by atoms with E-state index in [1.54, 1.807) is 11.3 Å². The van der Waals surface area contributed by atoms with Gasteiger partial charge in [0.2, 0.25) is 0 Å². The summed E-state index contributed by atoms with van der Waals surface area (Å²) in [5.74, 6) is 0.987. The lowest BCUT2D eigenvalue weighted by Crippen LogP contribution is -2.05. The second-order valence-electron chi connectivity index (χ2n) is 4.45. The largest absolute Gasteiger partial charge is 0.488 e. The van der Waals surface area contributed by atoms with E-state index in [2.05, 4.69) is 33.4 Å². The van der Waals surface area contributed by atoms with Crippen molar-refractivity contribution in [3.8, 4) is 5.75 Å². The molecule has 0 fully saturated rings. The van der Waals surface area contributed by atoms with Crippen molar-refractivity contribution in [2.45, 2.75) is 25.5 Å². The molecule has 1 aromatic heterocycles. The zero-order valence-corrected chi connectivity index (χ0v) is 12.3. The number of ether oxygens (including phenoxy) is 1. The average molecular weight is 324 g/mol. The summed E-state index contributed by atoms with van der Waals surface area (Å²) in [6.07, 6.45) is 2.05. The number of nitrogens with two attached hydrogens (primary N) is 1. The Hall–Kier alpha value is -0.840. The molecule has 94 valence electrons. The van der Waals surface area contributed by atoms with Crippen LogP contribution in [0.3, 0.4) is 0 Å². The van der Waals surface area contributed by atoms with Crippen LogP contribution in [-0.2, 0) is 13.0 Å². The summed E-state index contributed by atoms with van der Waals surface area (Å²) in [5.41, 5.74) is 8.61. The fourth-order valence-corrected chi connectivity index (χ4v) is 3.74. The van der Waals surface area contributed by atoms with Gasteiger partial charge >= 0.3 is 0 Å².